The molecule has 3 N–H and O–H groups in total. The molecule has 1 aromatic rings. The summed E-state index contributed by atoms with van der Waals surface area (Å²) in [7, 11) is 0. The molecule has 4 nitrogen and oxygen atoms in total. The average molecular weight is 317 g/mol. The first-order chi connectivity index (χ1) is 9.65. The van der Waals surface area contributed by atoms with Gasteiger partial charge in [0, 0.05) is 12.0 Å². The summed E-state index contributed by atoms with van der Waals surface area (Å²) in [6.07, 6.45) is 2.89. The van der Waals surface area contributed by atoms with Gasteiger partial charge in [0.1, 0.15) is 11.6 Å². The first-order valence-electron chi connectivity index (χ1n) is 7.09. The molecule has 0 aromatic heterocycles. The quantitative estimate of drug-likeness (QED) is 0.877. The second-order valence-electron chi connectivity index (χ2n) is 5.10. The number of nitrogens with two attached hydrogens (primary N) is 1. The van der Waals surface area contributed by atoms with E-state index in [4.69, 9.17) is 10.5 Å². The van der Waals surface area contributed by atoms with Gasteiger partial charge >= 0.3 is 0 Å². The molecule has 0 aliphatic heterocycles. The Morgan fingerprint density at radius 1 is 1.48 bits per heavy atom. The zero-order valence-electron chi connectivity index (χ0n) is 12.1. The van der Waals surface area contributed by atoms with Crippen LogP contribution in [-0.4, -0.2) is 19.1 Å². The van der Waals surface area contributed by atoms with Crippen molar-refractivity contribution in [2.24, 2.45) is 17.6 Å². The highest BCUT2D eigenvalue weighted by atomic mass is 35.5. The number of nitrogens with one attached hydrogen (secondary N) is 1. The lowest BCUT2D eigenvalue weighted by Gasteiger charge is -2.18. The number of rotatable bonds is 5. The molecule has 21 heavy (non-hydrogen) atoms. The Morgan fingerprint density at radius 2 is 2.24 bits per heavy atom. The third-order valence-electron chi connectivity index (χ3n) is 3.80. The molecule has 1 aromatic carbocycles. The molecule has 0 heterocycles. The molecule has 0 unspecified atom stereocenters. The molecule has 0 bridgehead atoms. The molecule has 0 saturated heterocycles. The lowest BCUT2D eigenvalue weighted by atomic mass is 9.95. The van der Waals surface area contributed by atoms with Crippen molar-refractivity contribution in [3.63, 3.8) is 0 Å². The first kappa shape index (κ1) is 17.7. The lowest BCUT2D eigenvalue weighted by molar-refractivity contribution is -0.120. The van der Waals surface area contributed by atoms with E-state index in [1.54, 1.807) is 0 Å². The van der Waals surface area contributed by atoms with Crippen LogP contribution in [0, 0.1) is 17.7 Å². The molecule has 0 spiro atoms. The topological polar surface area (TPSA) is 64.3 Å². The summed E-state index contributed by atoms with van der Waals surface area (Å²) in [6, 6.07) is 4.13. The Kier molecular flexibility index (Phi) is 6.92. The highest BCUT2D eigenvalue weighted by molar-refractivity contribution is 5.94. The molecule has 1 fully saturated rings. The Balaban J connectivity index is 0.00000220. The van der Waals surface area contributed by atoms with Gasteiger partial charge in [-0.15, -0.1) is 12.4 Å². The number of ether oxygens (including phenoxy) is 1. The van der Waals surface area contributed by atoms with Crippen molar-refractivity contribution in [3.05, 3.63) is 24.0 Å². The molecule has 1 saturated carbocycles. The van der Waals surface area contributed by atoms with Crippen molar-refractivity contribution in [1.82, 2.24) is 0 Å². The maximum Gasteiger partial charge on any atom is 0.227 e. The maximum atomic E-state index is 13.2. The van der Waals surface area contributed by atoms with E-state index in [0.29, 0.717) is 24.6 Å². The van der Waals surface area contributed by atoms with E-state index in [0.717, 1.165) is 19.3 Å². The van der Waals surface area contributed by atoms with Crippen molar-refractivity contribution >= 4 is 24.0 Å². The van der Waals surface area contributed by atoms with Gasteiger partial charge in [0.05, 0.1) is 12.3 Å². The molecule has 1 aliphatic carbocycles. The Labute approximate surface area is 130 Å². The largest absolute Gasteiger partial charge is 0.492 e. The summed E-state index contributed by atoms with van der Waals surface area (Å²) in [5.74, 6) is 0.117. The number of anilines is 1. The highest BCUT2D eigenvalue weighted by Gasteiger charge is 2.32. The zero-order valence-corrected chi connectivity index (χ0v) is 12.9. The summed E-state index contributed by atoms with van der Waals surface area (Å²) in [6.45, 7) is 2.76. The van der Waals surface area contributed by atoms with Crippen LogP contribution in [0.1, 0.15) is 26.2 Å². The van der Waals surface area contributed by atoms with E-state index in [1.165, 1.54) is 18.2 Å². The number of halogens is 2. The Hall–Kier alpha value is -1.33. The number of hydrogen-bond acceptors (Lipinski definition) is 3. The van der Waals surface area contributed by atoms with Crippen molar-refractivity contribution in [2.45, 2.75) is 26.2 Å². The van der Waals surface area contributed by atoms with Crippen LogP contribution in [0.2, 0.25) is 0 Å². The summed E-state index contributed by atoms with van der Waals surface area (Å²) in [4.78, 5) is 12.3. The monoisotopic (exact) mass is 316 g/mol. The minimum atomic E-state index is -0.382. The van der Waals surface area contributed by atoms with Crippen LogP contribution in [0.15, 0.2) is 18.2 Å². The van der Waals surface area contributed by atoms with Crippen LogP contribution in [0.5, 0.6) is 5.75 Å². The number of benzene rings is 1. The minimum Gasteiger partial charge on any atom is -0.492 e. The first-order valence-corrected chi connectivity index (χ1v) is 7.09. The second kappa shape index (κ2) is 8.20. The summed E-state index contributed by atoms with van der Waals surface area (Å²) >= 11 is 0. The van der Waals surface area contributed by atoms with Crippen molar-refractivity contribution in [3.8, 4) is 5.75 Å². The van der Waals surface area contributed by atoms with Crippen LogP contribution in [-0.2, 0) is 4.79 Å². The van der Waals surface area contributed by atoms with Gasteiger partial charge < -0.3 is 15.8 Å². The van der Waals surface area contributed by atoms with Gasteiger partial charge in [0.2, 0.25) is 5.91 Å². The maximum absolute atomic E-state index is 13.2. The summed E-state index contributed by atoms with van der Waals surface area (Å²) in [5.41, 5.74) is 6.21. The molecule has 0 radical (unpaired) electrons. The SMILES string of the molecule is CCOc1cc(F)ccc1NC(=O)[C@@H]1CCC[C@@H]1CN.Cl. The highest BCUT2D eigenvalue weighted by Crippen LogP contribution is 2.33. The molecule has 2 atom stereocenters. The van der Waals surface area contributed by atoms with Gasteiger partial charge in [-0.2, -0.15) is 0 Å². The number of hydrogen-bond donors (Lipinski definition) is 2. The van der Waals surface area contributed by atoms with Crippen LogP contribution in [0.4, 0.5) is 10.1 Å². The van der Waals surface area contributed by atoms with Crippen molar-refractivity contribution in [1.29, 1.82) is 0 Å². The van der Waals surface area contributed by atoms with Gasteiger partial charge in [0.15, 0.2) is 0 Å². The molecule has 6 heteroatoms. The van der Waals surface area contributed by atoms with Gasteiger partial charge in [-0.25, -0.2) is 4.39 Å². The van der Waals surface area contributed by atoms with Gasteiger partial charge in [0.25, 0.3) is 0 Å². The third-order valence-corrected chi connectivity index (χ3v) is 3.80. The van der Waals surface area contributed by atoms with E-state index < -0.39 is 0 Å². The molecule has 1 amide bonds. The standard InChI is InChI=1S/C15H21FN2O2.ClH/c1-2-20-14-8-11(16)6-7-13(14)18-15(19)12-5-3-4-10(12)9-17;/h6-8,10,12H,2-5,9,17H2,1H3,(H,18,19);1H/t10-,12-;/m1./s1. The molecule has 1 aliphatic rings. The number of amides is 1. The average Bonchev–Trinajstić information content (AvgIpc) is 2.90. The van der Waals surface area contributed by atoms with Gasteiger partial charge in [-0.3, -0.25) is 4.79 Å². The fourth-order valence-electron chi connectivity index (χ4n) is 2.76. The van der Waals surface area contributed by atoms with E-state index in [1.807, 2.05) is 6.92 Å². The number of carbonyl (C=O) groups excluding carboxylic acids is 1. The molecule has 118 valence electrons. The van der Waals surface area contributed by atoms with Crippen LogP contribution >= 0.6 is 12.4 Å². The van der Waals surface area contributed by atoms with Crippen molar-refractivity contribution in [2.75, 3.05) is 18.5 Å². The molecule has 2 rings (SSSR count). The van der Waals surface area contributed by atoms with E-state index in [9.17, 15) is 9.18 Å². The lowest BCUT2D eigenvalue weighted by Crippen LogP contribution is -2.29. The van der Waals surface area contributed by atoms with E-state index in [2.05, 4.69) is 5.32 Å². The predicted molar refractivity (Wildman–Crippen MR) is 83.3 cm³/mol. The van der Waals surface area contributed by atoms with Gasteiger partial charge in [-0.1, -0.05) is 6.42 Å². The summed E-state index contributed by atoms with van der Waals surface area (Å²) < 4.78 is 18.6. The van der Waals surface area contributed by atoms with E-state index >= 15 is 0 Å². The molecular weight excluding hydrogens is 295 g/mol. The van der Waals surface area contributed by atoms with Gasteiger partial charge in [-0.05, 0) is 44.4 Å². The Morgan fingerprint density at radius 3 is 2.90 bits per heavy atom. The smallest absolute Gasteiger partial charge is 0.227 e. The Bertz CT molecular complexity index is 485. The van der Waals surface area contributed by atoms with Crippen LogP contribution in [0.25, 0.3) is 0 Å². The van der Waals surface area contributed by atoms with Crippen LogP contribution < -0.4 is 15.8 Å². The molecular formula is C15H22ClFN2O2. The van der Waals surface area contributed by atoms with Crippen LogP contribution in [0.3, 0.4) is 0 Å². The fourth-order valence-corrected chi connectivity index (χ4v) is 2.76. The second-order valence-corrected chi connectivity index (χ2v) is 5.10. The summed E-state index contributed by atoms with van der Waals surface area (Å²) in [5, 5.41) is 2.84. The minimum absolute atomic E-state index is 0. The third kappa shape index (κ3) is 4.32. The van der Waals surface area contributed by atoms with E-state index in [-0.39, 0.29) is 36.0 Å². The number of carbonyl (C=O) groups is 1. The fraction of sp³-hybridized carbons (Fsp3) is 0.533. The predicted octanol–water partition coefficient (Wildman–Crippen LogP) is 2.96. The zero-order chi connectivity index (χ0) is 14.5. The normalized spacial score (nSPS) is 20.7. The van der Waals surface area contributed by atoms with Crippen molar-refractivity contribution < 1.29 is 13.9 Å².